The zero-order valence-electron chi connectivity index (χ0n) is 12.9. The second-order valence-electron chi connectivity index (χ2n) is 5.49. The number of anilines is 1. The number of nitrogens with one attached hydrogen (secondary N) is 2. The van der Waals surface area contributed by atoms with Gasteiger partial charge in [0.05, 0.1) is 0 Å². The van der Waals surface area contributed by atoms with Crippen molar-refractivity contribution in [3.05, 3.63) is 23.4 Å². The minimum Gasteiger partial charge on any atom is -0.350 e. The quantitative estimate of drug-likeness (QED) is 0.538. The minimum atomic E-state index is -0.112. The smallest absolute Gasteiger partial charge is 0.251 e. The average Bonchev–Trinajstić information content (AvgIpc) is 2.43. The van der Waals surface area contributed by atoms with Crippen molar-refractivity contribution in [2.24, 2.45) is 5.84 Å². The molecule has 1 aromatic heterocycles. The Hall–Kier alpha value is -1.66. The Kier molecular flexibility index (Phi) is 5.91. The van der Waals surface area contributed by atoms with Crippen molar-refractivity contribution >= 4 is 11.7 Å². The fraction of sp³-hybridized carbons (Fsp3) is 0.571. The second-order valence-corrected chi connectivity index (χ2v) is 5.49. The Morgan fingerprint density at radius 1 is 1.35 bits per heavy atom. The number of likely N-dealkylation sites (N-methyl/N-ethyl adjacent to an activating group) is 1. The molecule has 0 aliphatic carbocycles. The summed E-state index contributed by atoms with van der Waals surface area (Å²) in [5.74, 6) is 6.02. The minimum absolute atomic E-state index is 0.112. The van der Waals surface area contributed by atoms with Crippen molar-refractivity contribution in [1.29, 1.82) is 0 Å². The fourth-order valence-electron chi connectivity index (χ4n) is 1.58. The third-order valence-electron chi connectivity index (χ3n) is 3.29. The SMILES string of the molecule is CC(C)c1cc(C(=O)NCC(C)N(C)C)cc(NN)n1. The molecule has 0 saturated carbocycles. The third-order valence-corrected chi connectivity index (χ3v) is 3.29. The monoisotopic (exact) mass is 279 g/mol. The highest BCUT2D eigenvalue weighted by Gasteiger charge is 2.13. The van der Waals surface area contributed by atoms with E-state index in [9.17, 15) is 4.79 Å². The molecular formula is C14H25N5O. The first-order chi connectivity index (χ1) is 9.35. The number of nitrogens with two attached hydrogens (primary N) is 1. The number of aromatic nitrogens is 1. The number of rotatable bonds is 6. The lowest BCUT2D eigenvalue weighted by Gasteiger charge is -2.20. The first-order valence-electron chi connectivity index (χ1n) is 6.78. The molecule has 1 aromatic rings. The maximum absolute atomic E-state index is 12.2. The predicted octanol–water partition coefficient (Wildman–Crippen LogP) is 1.17. The van der Waals surface area contributed by atoms with Crippen LogP contribution in [0.2, 0.25) is 0 Å². The van der Waals surface area contributed by atoms with Gasteiger partial charge in [-0.15, -0.1) is 0 Å². The van der Waals surface area contributed by atoms with Crippen LogP contribution in [0.15, 0.2) is 12.1 Å². The topological polar surface area (TPSA) is 83.3 Å². The van der Waals surface area contributed by atoms with Crippen LogP contribution in [0, 0.1) is 0 Å². The van der Waals surface area contributed by atoms with Crippen molar-refractivity contribution in [3.8, 4) is 0 Å². The van der Waals surface area contributed by atoms with Crippen LogP contribution in [0.4, 0.5) is 5.82 Å². The zero-order valence-corrected chi connectivity index (χ0v) is 12.9. The highest BCUT2D eigenvalue weighted by atomic mass is 16.1. The van der Waals surface area contributed by atoms with Crippen LogP contribution in [-0.2, 0) is 0 Å². The molecule has 6 nitrogen and oxygen atoms in total. The van der Waals surface area contributed by atoms with Crippen molar-refractivity contribution in [2.75, 3.05) is 26.1 Å². The number of nitrogens with zero attached hydrogens (tertiary/aromatic N) is 2. The van der Waals surface area contributed by atoms with E-state index in [1.54, 1.807) is 12.1 Å². The van der Waals surface area contributed by atoms with E-state index in [4.69, 9.17) is 5.84 Å². The second kappa shape index (κ2) is 7.21. The first-order valence-corrected chi connectivity index (χ1v) is 6.78. The Morgan fingerprint density at radius 3 is 2.50 bits per heavy atom. The van der Waals surface area contributed by atoms with E-state index in [-0.39, 0.29) is 17.9 Å². The van der Waals surface area contributed by atoms with Crippen LogP contribution in [0.5, 0.6) is 0 Å². The molecule has 1 rings (SSSR count). The van der Waals surface area contributed by atoms with Gasteiger partial charge in [-0.05, 0) is 39.1 Å². The standard InChI is InChI=1S/C14H25N5O/c1-9(2)12-6-11(7-13(17-12)18-15)14(20)16-8-10(3)19(4)5/h6-7,9-10H,8,15H2,1-5H3,(H,16,20)(H,17,18). The van der Waals surface area contributed by atoms with E-state index in [0.717, 1.165) is 5.69 Å². The van der Waals surface area contributed by atoms with E-state index in [1.807, 2.05) is 27.9 Å². The van der Waals surface area contributed by atoms with Crippen LogP contribution in [0.25, 0.3) is 0 Å². The average molecular weight is 279 g/mol. The molecular weight excluding hydrogens is 254 g/mol. The molecule has 0 saturated heterocycles. The molecule has 0 aromatic carbocycles. The summed E-state index contributed by atoms with van der Waals surface area (Å²) in [5, 5.41) is 2.92. The van der Waals surface area contributed by atoms with Crippen molar-refractivity contribution in [1.82, 2.24) is 15.2 Å². The molecule has 1 amide bonds. The Bertz CT molecular complexity index is 459. The number of hydrogen-bond donors (Lipinski definition) is 3. The number of carbonyl (C=O) groups excluding carboxylic acids is 1. The maximum Gasteiger partial charge on any atom is 0.251 e. The molecule has 20 heavy (non-hydrogen) atoms. The number of hydrogen-bond acceptors (Lipinski definition) is 5. The van der Waals surface area contributed by atoms with Crippen molar-refractivity contribution in [3.63, 3.8) is 0 Å². The lowest BCUT2D eigenvalue weighted by atomic mass is 10.1. The van der Waals surface area contributed by atoms with E-state index in [2.05, 4.69) is 27.6 Å². The van der Waals surface area contributed by atoms with E-state index in [1.165, 1.54) is 0 Å². The predicted molar refractivity (Wildman–Crippen MR) is 81.6 cm³/mol. The van der Waals surface area contributed by atoms with Gasteiger partial charge in [-0.1, -0.05) is 13.8 Å². The van der Waals surface area contributed by atoms with Crippen LogP contribution in [-0.4, -0.2) is 42.5 Å². The largest absolute Gasteiger partial charge is 0.350 e. The Morgan fingerprint density at radius 2 is 2.00 bits per heavy atom. The zero-order chi connectivity index (χ0) is 15.3. The van der Waals surface area contributed by atoms with Gasteiger partial charge in [0.1, 0.15) is 5.82 Å². The van der Waals surface area contributed by atoms with Crippen molar-refractivity contribution in [2.45, 2.75) is 32.7 Å². The molecule has 112 valence electrons. The highest BCUT2D eigenvalue weighted by Crippen LogP contribution is 2.17. The summed E-state index contributed by atoms with van der Waals surface area (Å²) in [4.78, 5) is 18.6. The summed E-state index contributed by atoms with van der Waals surface area (Å²) in [6.45, 7) is 6.70. The van der Waals surface area contributed by atoms with E-state index in [0.29, 0.717) is 17.9 Å². The Balaban J connectivity index is 2.84. The van der Waals surface area contributed by atoms with Gasteiger partial charge < -0.3 is 15.6 Å². The van der Waals surface area contributed by atoms with Crippen molar-refractivity contribution < 1.29 is 4.79 Å². The lowest BCUT2D eigenvalue weighted by Crippen LogP contribution is -2.38. The lowest BCUT2D eigenvalue weighted by molar-refractivity contribution is 0.0943. The molecule has 0 bridgehead atoms. The van der Waals surface area contributed by atoms with E-state index < -0.39 is 0 Å². The number of amides is 1. The maximum atomic E-state index is 12.2. The summed E-state index contributed by atoms with van der Waals surface area (Å²) < 4.78 is 0. The van der Waals surface area contributed by atoms with Gasteiger partial charge in [0.15, 0.2) is 0 Å². The molecule has 0 radical (unpaired) electrons. The number of pyridine rings is 1. The molecule has 0 fully saturated rings. The molecule has 6 heteroatoms. The van der Waals surface area contributed by atoms with Crippen LogP contribution < -0.4 is 16.6 Å². The van der Waals surface area contributed by atoms with Crippen LogP contribution in [0.3, 0.4) is 0 Å². The van der Waals surface area contributed by atoms with Gasteiger partial charge in [-0.2, -0.15) is 0 Å². The highest BCUT2D eigenvalue weighted by molar-refractivity contribution is 5.95. The Labute approximate surface area is 120 Å². The number of carbonyl (C=O) groups is 1. The molecule has 1 atom stereocenters. The fourth-order valence-corrected chi connectivity index (χ4v) is 1.58. The molecule has 0 spiro atoms. The molecule has 1 heterocycles. The first kappa shape index (κ1) is 16.4. The summed E-state index contributed by atoms with van der Waals surface area (Å²) in [6, 6.07) is 3.74. The third kappa shape index (κ3) is 4.47. The number of nitrogen functional groups attached to an aromatic ring is 1. The van der Waals surface area contributed by atoms with Gasteiger partial charge in [-0.3, -0.25) is 4.79 Å². The van der Waals surface area contributed by atoms with Gasteiger partial charge in [0, 0.05) is 23.8 Å². The van der Waals surface area contributed by atoms with Crippen LogP contribution >= 0.6 is 0 Å². The molecule has 4 N–H and O–H groups in total. The van der Waals surface area contributed by atoms with Gasteiger partial charge in [-0.25, -0.2) is 10.8 Å². The van der Waals surface area contributed by atoms with Crippen LogP contribution in [0.1, 0.15) is 42.7 Å². The summed E-state index contributed by atoms with van der Waals surface area (Å²) >= 11 is 0. The van der Waals surface area contributed by atoms with E-state index >= 15 is 0 Å². The van der Waals surface area contributed by atoms with Gasteiger partial charge in [0.2, 0.25) is 0 Å². The molecule has 0 aliphatic rings. The number of hydrazine groups is 1. The van der Waals surface area contributed by atoms with Gasteiger partial charge in [0.25, 0.3) is 5.91 Å². The van der Waals surface area contributed by atoms with Gasteiger partial charge >= 0.3 is 0 Å². The summed E-state index contributed by atoms with van der Waals surface area (Å²) in [7, 11) is 3.97. The summed E-state index contributed by atoms with van der Waals surface area (Å²) in [5.41, 5.74) is 3.91. The summed E-state index contributed by atoms with van der Waals surface area (Å²) in [6.07, 6.45) is 0. The molecule has 0 aliphatic heterocycles. The normalized spacial score (nSPS) is 12.6. The molecule has 1 unspecified atom stereocenters.